The van der Waals surface area contributed by atoms with Crippen molar-refractivity contribution in [3.63, 3.8) is 0 Å². The Morgan fingerprint density at radius 2 is 2.12 bits per heavy atom. The maximum Gasteiger partial charge on any atom is 0.231 e. The molecule has 132 valence electrons. The van der Waals surface area contributed by atoms with E-state index < -0.39 is 0 Å². The summed E-state index contributed by atoms with van der Waals surface area (Å²) in [4.78, 5) is 11.7. The first-order valence-corrected chi connectivity index (χ1v) is 9.08. The van der Waals surface area contributed by atoms with Crippen molar-refractivity contribution >= 4 is 17.7 Å². The van der Waals surface area contributed by atoms with E-state index in [1.54, 1.807) is 7.11 Å². The number of carbonyl (C=O) groups excluding carboxylic acids is 1. The van der Waals surface area contributed by atoms with E-state index in [0.717, 1.165) is 41.7 Å². The van der Waals surface area contributed by atoms with Gasteiger partial charge in [0.15, 0.2) is 11.0 Å². The minimum Gasteiger partial charge on any atom is -0.497 e. The van der Waals surface area contributed by atoms with Crippen molar-refractivity contribution in [3.05, 3.63) is 24.3 Å². The molecular weight excluding hydrogens is 336 g/mol. The molecule has 1 N–H and O–H groups in total. The van der Waals surface area contributed by atoms with E-state index in [9.17, 15) is 4.79 Å². The highest BCUT2D eigenvalue weighted by Gasteiger charge is 2.15. The topological polar surface area (TPSA) is 69.0 Å². The molecule has 6 nitrogen and oxygen atoms in total. The number of benzene rings is 1. The number of nitrogens with zero attached hydrogens (tertiary/aromatic N) is 3. The first-order valence-electron chi connectivity index (χ1n) is 8.10. The summed E-state index contributed by atoms with van der Waals surface area (Å²) in [6.07, 6.45) is 7.22. The van der Waals surface area contributed by atoms with Gasteiger partial charge in [-0.1, -0.05) is 31.0 Å². The molecule has 0 aliphatic carbocycles. The molecular formula is C18H22N4O2S. The van der Waals surface area contributed by atoms with Crippen LogP contribution in [0.3, 0.4) is 0 Å². The van der Waals surface area contributed by atoms with Gasteiger partial charge >= 0.3 is 0 Å². The fraction of sp³-hybridized carbons (Fsp3) is 0.389. The summed E-state index contributed by atoms with van der Waals surface area (Å²) in [5.41, 5.74) is 0.966. The van der Waals surface area contributed by atoms with Crippen molar-refractivity contribution in [1.29, 1.82) is 0 Å². The second kappa shape index (κ2) is 9.74. The number of terminal acetylenes is 1. The van der Waals surface area contributed by atoms with Crippen LogP contribution in [0, 0.1) is 12.3 Å². The standard InChI is InChI=1S/C18H22N4O2S/c1-4-6-12-22-17(14-7-9-15(24-3)10-8-14)20-21-18(22)25-13-16(23)19-11-5-2/h2,7-10H,4,6,11-13H2,1,3H3,(H,19,23). The molecule has 1 aromatic heterocycles. The number of nitrogens with one attached hydrogen (secondary N) is 1. The molecule has 0 atom stereocenters. The highest BCUT2D eigenvalue weighted by Crippen LogP contribution is 2.26. The summed E-state index contributed by atoms with van der Waals surface area (Å²) in [6, 6.07) is 7.71. The van der Waals surface area contributed by atoms with Gasteiger partial charge in [0.25, 0.3) is 0 Å². The van der Waals surface area contributed by atoms with Crippen molar-refractivity contribution < 1.29 is 9.53 Å². The zero-order valence-corrected chi connectivity index (χ0v) is 15.3. The number of unbranched alkanes of at least 4 members (excludes halogenated alkanes) is 1. The number of amides is 1. The molecule has 0 saturated heterocycles. The van der Waals surface area contributed by atoms with Crippen LogP contribution in [0.25, 0.3) is 11.4 Å². The van der Waals surface area contributed by atoms with Crippen LogP contribution in [0.5, 0.6) is 5.75 Å². The lowest BCUT2D eigenvalue weighted by atomic mass is 10.2. The Morgan fingerprint density at radius 3 is 2.76 bits per heavy atom. The molecule has 25 heavy (non-hydrogen) atoms. The molecule has 0 aliphatic heterocycles. The van der Waals surface area contributed by atoms with Crippen LogP contribution in [0.4, 0.5) is 0 Å². The van der Waals surface area contributed by atoms with E-state index >= 15 is 0 Å². The second-order valence-electron chi connectivity index (χ2n) is 5.31. The molecule has 2 aromatic rings. The van der Waals surface area contributed by atoms with Gasteiger partial charge in [0.05, 0.1) is 19.4 Å². The smallest absolute Gasteiger partial charge is 0.231 e. The Labute approximate surface area is 152 Å². The van der Waals surface area contributed by atoms with Gasteiger partial charge in [0, 0.05) is 12.1 Å². The molecule has 0 fully saturated rings. The number of hydrogen-bond acceptors (Lipinski definition) is 5. The third-order valence-corrected chi connectivity index (χ3v) is 4.49. The predicted molar refractivity (Wildman–Crippen MR) is 99.5 cm³/mol. The fourth-order valence-electron chi connectivity index (χ4n) is 2.20. The zero-order chi connectivity index (χ0) is 18.1. The number of hydrogen-bond donors (Lipinski definition) is 1. The molecule has 0 radical (unpaired) electrons. The van der Waals surface area contributed by atoms with E-state index in [1.807, 2.05) is 24.3 Å². The Balaban J connectivity index is 2.18. The van der Waals surface area contributed by atoms with Gasteiger partial charge in [-0.2, -0.15) is 0 Å². The van der Waals surface area contributed by atoms with E-state index in [1.165, 1.54) is 11.8 Å². The highest BCUT2D eigenvalue weighted by molar-refractivity contribution is 7.99. The van der Waals surface area contributed by atoms with Crippen LogP contribution in [0.1, 0.15) is 19.8 Å². The molecule has 0 bridgehead atoms. The monoisotopic (exact) mass is 358 g/mol. The summed E-state index contributed by atoms with van der Waals surface area (Å²) in [6.45, 7) is 3.18. The average Bonchev–Trinajstić information content (AvgIpc) is 3.05. The summed E-state index contributed by atoms with van der Waals surface area (Å²) >= 11 is 1.36. The number of ether oxygens (including phenoxy) is 1. The van der Waals surface area contributed by atoms with Gasteiger partial charge in [0.1, 0.15) is 5.75 Å². The van der Waals surface area contributed by atoms with Crippen molar-refractivity contribution in [2.45, 2.75) is 31.5 Å². The predicted octanol–water partition coefficient (Wildman–Crippen LogP) is 2.60. The molecule has 0 spiro atoms. The van der Waals surface area contributed by atoms with Gasteiger partial charge in [-0.15, -0.1) is 16.6 Å². The Hall–Kier alpha value is -2.46. The summed E-state index contributed by atoms with van der Waals surface area (Å²) in [5, 5.41) is 12.0. The molecule has 1 aromatic carbocycles. The van der Waals surface area contributed by atoms with Gasteiger partial charge in [0.2, 0.25) is 5.91 Å². The molecule has 2 rings (SSSR count). The third kappa shape index (κ3) is 5.26. The lowest BCUT2D eigenvalue weighted by Gasteiger charge is -2.10. The van der Waals surface area contributed by atoms with Crippen LogP contribution in [0.15, 0.2) is 29.4 Å². The second-order valence-corrected chi connectivity index (χ2v) is 6.25. The Bertz CT molecular complexity index is 735. The van der Waals surface area contributed by atoms with E-state index in [2.05, 4.69) is 32.9 Å². The quantitative estimate of drug-likeness (QED) is 0.551. The van der Waals surface area contributed by atoms with Crippen molar-refractivity contribution in [3.8, 4) is 29.5 Å². The molecule has 0 aliphatic rings. The van der Waals surface area contributed by atoms with Crippen molar-refractivity contribution in [1.82, 2.24) is 20.1 Å². The molecule has 0 unspecified atom stereocenters. The largest absolute Gasteiger partial charge is 0.497 e. The first kappa shape index (κ1) is 18.9. The number of methoxy groups -OCH3 is 1. The molecule has 0 saturated carbocycles. The maximum atomic E-state index is 11.7. The van der Waals surface area contributed by atoms with Crippen LogP contribution in [-0.2, 0) is 11.3 Å². The van der Waals surface area contributed by atoms with Crippen LogP contribution < -0.4 is 10.1 Å². The van der Waals surface area contributed by atoms with Gasteiger partial charge in [-0.3, -0.25) is 4.79 Å². The van der Waals surface area contributed by atoms with Gasteiger partial charge in [-0.05, 0) is 30.7 Å². The lowest BCUT2D eigenvalue weighted by Crippen LogP contribution is -2.25. The van der Waals surface area contributed by atoms with E-state index in [4.69, 9.17) is 11.2 Å². The summed E-state index contributed by atoms with van der Waals surface area (Å²) < 4.78 is 7.26. The fourth-order valence-corrected chi connectivity index (χ4v) is 2.99. The number of aromatic nitrogens is 3. The van der Waals surface area contributed by atoms with Crippen molar-refractivity contribution in [2.24, 2.45) is 0 Å². The summed E-state index contributed by atoms with van der Waals surface area (Å²) in [5.74, 6) is 4.12. The van der Waals surface area contributed by atoms with Gasteiger partial charge < -0.3 is 14.6 Å². The lowest BCUT2D eigenvalue weighted by molar-refractivity contribution is -0.118. The number of carbonyl (C=O) groups is 1. The minimum absolute atomic E-state index is 0.112. The Morgan fingerprint density at radius 1 is 1.36 bits per heavy atom. The minimum atomic E-state index is -0.112. The number of rotatable bonds is 9. The number of thioether (sulfide) groups is 1. The normalized spacial score (nSPS) is 10.3. The Kier molecular flexibility index (Phi) is 7.36. The third-order valence-electron chi connectivity index (χ3n) is 3.52. The van der Waals surface area contributed by atoms with E-state index in [0.29, 0.717) is 0 Å². The van der Waals surface area contributed by atoms with E-state index in [-0.39, 0.29) is 18.2 Å². The van der Waals surface area contributed by atoms with Crippen LogP contribution in [0.2, 0.25) is 0 Å². The van der Waals surface area contributed by atoms with Gasteiger partial charge in [-0.25, -0.2) is 0 Å². The average molecular weight is 358 g/mol. The summed E-state index contributed by atoms with van der Waals surface area (Å²) in [7, 11) is 1.64. The maximum absolute atomic E-state index is 11.7. The molecule has 1 heterocycles. The first-order chi connectivity index (χ1) is 12.2. The SMILES string of the molecule is C#CCNC(=O)CSc1nnc(-c2ccc(OC)cc2)n1CCCC. The van der Waals surface area contributed by atoms with Crippen LogP contribution >= 0.6 is 11.8 Å². The van der Waals surface area contributed by atoms with Crippen LogP contribution in [-0.4, -0.2) is 40.1 Å². The highest BCUT2D eigenvalue weighted by atomic mass is 32.2. The van der Waals surface area contributed by atoms with Crippen molar-refractivity contribution in [2.75, 3.05) is 19.4 Å². The molecule has 7 heteroatoms. The molecule has 1 amide bonds. The zero-order valence-electron chi connectivity index (χ0n) is 14.5.